The number of benzene rings is 1. The SMILES string of the molecule is CN1C[C@H](F)C[C@H]1COc1nc(N2CC3CCC(C)(C2)N3C(=O)OC(C)(C)C)c2cc(F)cc(F)c2n1. The van der Waals surface area contributed by atoms with E-state index >= 15 is 0 Å². The van der Waals surface area contributed by atoms with Gasteiger partial charge in [0.1, 0.15) is 35.5 Å². The molecule has 0 aliphatic carbocycles. The van der Waals surface area contributed by atoms with Gasteiger partial charge in [-0.05, 0) is 60.1 Å². The molecule has 11 heteroatoms. The molecule has 202 valence electrons. The zero-order chi connectivity index (χ0) is 26.7. The molecule has 4 heterocycles. The number of carbonyl (C=O) groups is 1. The predicted octanol–water partition coefficient (Wildman–Crippen LogP) is 4.31. The minimum absolute atomic E-state index is 0.0448. The van der Waals surface area contributed by atoms with Crippen molar-refractivity contribution < 1.29 is 27.4 Å². The second-order valence-corrected chi connectivity index (χ2v) is 11.8. The van der Waals surface area contributed by atoms with Gasteiger partial charge in [-0.3, -0.25) is 9.80 Å². The molecule has 8 nitrogen and oxygen atoms in total. The van der Waals surface area contributed by atoms with E-state index in [0.717, 1.165) is 18.9 Å². The standard InChI is InChI=1S/C26H34F3N5O3/c1-25(2,3)37-24(35)34-17-6-7-26(34,4)14-33(12-17)22-19-9-15(27)10-20(29)21(19)30-23(31-22)36-13-18-8-16(28)11-32(18)5/h9-10,16-18H,6-8,11-14H2,1-5H3/t16-,17?,18+,26?/m1/s1. The smallest absolute Gasteiger partial charge is 0.411 e. The van der Waals surface area contributed by atoms with E-state index in [0.29, 0.717) is 31.9 Å². The average molecular weight is 522 g/mol. The first kappa shape index (κ1) is 25.8. The quantitative estimate of drug-likeness (QED) is 0.594. The van der Waals surface area contributed by atoms with Crippen molar-refractivity contribution in [2.75, 3.05) is 38.2 Å². The summed E-state index contributed by atoms with van der Waals surface area (Å²) in [5.74, 6) is -1.19. The van der Waals surface area contributed by atoms with E-state index in [1.807, 2.05) is 44.5 Å². The van der Waals surface area contributed by atoms with Crippen LogP contribution in [0, 0.1) is 11.6 Å². The Bertz CT molecular complexity index is 1210. The minimum Gasteiger partial charge on any atom is -0.462 e. The van der Waals surface area contributed by atoms with E-state index in [-0.39, 0.29) is 41.7 Å². The van der Waals surface area contributed by atoms with Gasteiger partial charge in [0.2, 0.25) is 0 Å². The van der Waals surface area contributed by atoms with Crippen LogP contribution < -0.4 is 9.64 Å². The second kappa shape index (κ2) is 9.18. The molecular weight excluding hydrogens is 487 g/mol. The van der Waals surface area contributed by atoms with E-state index in [9.17, 15) is 18.0 Å². The Labute approximate surface area is 214 Å². The second-order valence-electron chi connectivity index (χ2n) is 11.8. The molecule has 3 aliphatic rings. The molecule has 0 spiro atoms. The summed E-state index contributed by atoms with van der Waals surface area (Å²) >= 11 is 0. The van der Waals surface area contributed by atoms with Crippen molar-refractivity contribution in [2.45, 2.75) is 76.4 Å². The van der Waals surface area contributed by atoms with Gasteiger partial charge < -0.3 is 14.4 Å². The molecule has 3 saturated heterocycles. The molecule has 1 aromatic carbocycles. The van der Waals surface area contributed by atoms with Crippen LogP contribution in [0.25, 0.3) is 10.9 Å². The summed E-state index contributed by atoms with van der Waals surface area (Å²) in [5.41, 5.74) is -1.21. The topological polar surface area (TPSA) is 71.0 Å². The summed E-state index contributed by atoms with van der Waals surface area (Å²) in [5, 5.41) is 0.236. The van der Waals surface area contributed by atoms with Crippen LogP contribution in [0.1, 0.15) is 47.0 Å². The van der Waals surface area contributed by atoms with Gasteiger partial charge in [0.05, 0.1) is 11.6 Å². The number of carbonyl (C=O) groups excluding carboxylic acids is 1. The summed E-state index contributed by atoms with van der Waals surface area (Å²) < 4.78 is 54.5. The molecule has 4 atom stereocenters. The maximum atomic E-state index is 14.9. The van der Waals surface area contributed by atoms with E-state index < -0.39 is 28.9 Å². The van der Waals surface area contributed by atoms with Crippen molar-refractivity contribution in [1.29, 1.82) is 0 Å². The normalized spacial score (nSPS) is 28.3. The summed E-state index contributed by atoms with van der Waals surface area (Å²) in [7, 11) is 1.82. The fourth-order valence-corrected chi connectivity index (χ4v) is 5.87. The summed E-state index contributed by atoms with van der Waals surface area (Å²) in [6, 6.07) is 1.67. The summed E-state index contributed by atoms with van der Waals surface area (Å²) in [6.45, 7) is 8.80. The number of anilines is 1. The van der Waals surface area contributed by atoms with Gasteiger partial charge in [0.25, 0.3) is 0 Å². The summed E-state index contributed by atoms with van der Waals surface area (Å²) in [4.78, 5) is 27.5. The van der Waals surface area contributed by atoms with Gasteiger partial charge in [-0.25, -0.2) is 18.0 Å². The van der Waals surface area contributed by atoms with Crippen LogP contribution in [0.15, 0.2) is 12.1 Å². The van der Waals surface area contributed by atoms with E-state index in [4.69, 9.17) is 9.47 Å². The van der Waals surface area contributed by atoms with Crippen LogP contribution in [0.3, 0.4) is 0 Å². The van der Waals surface area contributed by atoms with Gasteiger partial charge in [0, 0.05) is 37.1 Å². The molecule has 2 unspecified atom stereocenters. The first-order valence-corrected chi connectivity index (χ1v) is 12.7. The third-order valence-corrected chi connectivity index (χ3v) is 7.54. The number of ether oxygens (including phenoxy) is 2. The zero-order valence-corrected chi connectivity index (χ0v) is 21.9. The lowest BCUT2D eigenvalue weighted by atomic mass is 9.97. The first-order valence-electron chi connectivity index (χ1n) is 12.7. The van der Waals surface area contributed by atoms with Crippen molar-refractivity contribution in [1.82, 2.24) is 19.8 Å². The number of fused-ring (bicyclic) bond motifs is 3. The maximum absolute atomic E-state index is 14.9. The number of hydrogen-bond donors (Lipinski definition) is 0. The van der Waals surface area contributed by atoms with Gasteiger partial charge in [-0.15, -0.1) is 0 Å². The number of hydrogen-bond acceptors (Lipinski definition) is 7. The van der Waals surface area contributed by atoms with Crippen molar-refractivity contribution >= 4 is 22.8 Å². The molecule has 1 amide bonds. The summed E-state index contributed by atoms with van der Waals surface area (Å²) in [6.07, 6.45) is 0.589. The number of aromatic nitrogens is 2. The van der Waals surface area contributed by atoms with Crippen molar-refractivity contribution in [2.24, 2.45) is 0 Å². The van der Waals surface area contributed by atoms with Crippen LogP contribution in [0.2, 0.25) is 0 Å². The molecule has 1 aromatic heterocycles. The number of nitrogens with zero attached hydrogens (tertiary/aromatic N) is 5. The van der Waals surface area contributed by atoms with Crippen LogP contribution in [-0.4, -0.2) is 88.5 Å². The Balaban J connectivity index is 1.46. The lowest BCUT2D eigenvalue weighted by Gasteiger charge is -2.47. The highest BCUT2D eigenvalue weighted by Crippen LogP contribution is 2.42. The van der Waals surface area contributed by atoms with Crippen LogP contribution in [-0.2, 0) is 4.74 Å². The number of rotatable bonds is 4. The molecular formula is C26H34F3N5O3. The highest BCUT2D eigenvalue weighted by atomic mass is 19.1. The molecule has 37 heavy (non-hydrogen) atoms. The fourth-order valence-electron chi connectivity index (χ4n) is 5.87. The third-order valence-electron chi connectivity index (χ3n) is 7.54. The molecule has 3 fully saturated rings. The number of amides is 1. The Morgan fingerprint density at radius 3 is 2.62 bits per heavy atom. The van der Waals surface area contributed by atoms with Crippen LogP contribution in [0.5, 0.6) is 6.01 Å². The minimum atomic E-state index is -0.926. The Morgan fingerprint density at radius 1 is 1.22 bits per heavy atom. The molecule has 0 saturated carbocycles. The lowest BCUT2D eigenvalue weighted by Crippen LogP contribution is -2.63. The van der Waals surface area contributed by atoms with E-state index in [1.165, 1.54) is 6.07 Å². The van der Waals surface area contributed by atoms with Crippen molar-refractivity contribution in [3.63, 3.8) is 0 Å². The molecule has 2 bridgehead atoms. The van der Waals surface area contributed by atoms with E-state index in [2.05, 4.69) is 9.97 Å². The Morgan fingerprint density at radius 2 is 1.97 bits per heavy atom. The molecule has 0 N–H and O–H groups in total. The monoisotopic (exact) mass is 521 g/mol. The Kier molecular flexibility index (Phi) is 6.40. The average Bonchev–Trinajstić information content (AvgIpc) is 3.21. The predicted molar refractivity (Wildman–Crippen MR) is 133 cm³/mol. The number of likely N-dealkylation sites (N-methyl/N-ethyl adjacent to an activating group) is 1. The zero-order valence-electron chi connectivity index (χ0n) is 21.9. The number of likely N-dealkylation sites (tertiary alicyclic amines) is 1. The molecule has 0 radical (unpaired) electrons. The van der Waals surface area contributed by atoms with Crippen LogP contribution in [0.4, 0.5) is 23.8 Å². The van der Waals surface area contributed by atoms with E-state index in [1.54, 1.807) is 4.90 Å². The van der Waals surface area contributed by atoms with Gasteiger partial charge in [-0.2, -0.15) is 9.97 Å². The molecule has 3 aliphatic heterocycles. The van der Waals surface area contributed by atoms with Crippen LogP contribution >= 0.6 is 0 Å². The van der Waals surface area contributed by atoms with Gasteiger partial charge in [-0.1, -0.05) is 0 Å². The largest absolute Gasteiger partial charge is 0.462 e. The highest BCUT2D eigenvalue weighted by Gasteiger charge is 2.52. The maximum Gasteiger partial charge on any atom is 0.411 e. The highest BCUT2D eigenvalue weighted by molar-refractivity contribution is 5.90. The molecule has 5 rings (SSSR count). The van der Waals surface area contributed by atoms with Crippen molar-refractivity contribution in [3.8, 4) is 6.01 Å². The number of halogens is 3. The number of piperazine rings is 1. The molecule has 2 aromatic rings. The Hall–Kier alpha value is -2.82. The van der Waals surface area contributed by atoms with Gasteiger partial charge in [0.15, 0.2) is 5.82 Å². The van der Waals surface area contributed by atoms with Crippen molar-refractivity contribution in [3.05, 3.63) is 23.8 Å². The number of alkyl halides is 1. The first-order chi connectivity index (χ1) is 17.3. The lowest BCUT2D eigenvalue weighted by molar-refractivity contribution is -0.00280. The third kappa shape index (κ3) is 5.02. The fraction of sp³-hybridized carbons (Fsp3) is 0.654. The van der Waals surface area contributed by atoms with Gasteiger partial charge >= 0.3 is 12.1 Å².